The van der Waals surface area contributed by atoms with Gasteiger partial charge in [-0.3, -0.25) is 14.9 Å². The first-order chi connectivity index (χ1) is 17.1. The van der Waals surface area contributed by atoms with Crippen LogP contribution in [0.5, 0.6) is 0 Å². The van der Waals surface area contributed by atoms with E-state index in [2.05, 4.69) is 36.1 Å². The number of aryl methyl sites for hydroxylation is 1. The van der Waals surface area contributed by atoms with Crippen LogP contribution in [0.4, 0.5) is 5.95 Å². The van der Waals surface area contributed by atoms with Crippen molar-refractivity contribution >= 4 is 33.7 Å². The average molecular weight is 475 g/mol. The number of rotatable bonds is 11. The Hall–Kier alpha value is -3.52. The van der Waals surface area contributed by atoms with Gasteiger partial charge in [-0.1, -0.05) is 63.9 Å². The number of amides is 1. The normalized spacial score (nSPS) is 11.5. The van der Waals surface area contributed by atoms with Crippen molar-refractivity contribution in [1.82, 2.24) is 24.2 Å². The lowest BCUT2D eigenvalue weighted by Crippen LogP contribution is -2.29. The minimum absolute atomic E-state index is 0.167. The third-order valence-corrected chi connectivity index (χ3v) is 6.47. The molecule has 2 heterocycles. The summed E-state index contributed by atoms with van der Waals surface area (Å²) >= 11 is 0. The van der Waals surface area contributed by atoms with Crippen LogP contribution in [-0.2, 0) is 13.1 Å². The van der Waals surface area contributed by atoms with Gasteiger partial charge in [0.1, 0.15) is 0 Å². The van der Waals surface area contributed by atoms with Crippen molar-refractivity contribution in [2.75, 3.05) is 25.0 Å². The monoisotopic (exact) mass is 474 g/mol. The number of carbonyl (C=O) groups excluding carboxylic acids is 1. The Morgan fingerprint density at radius 3 is 2.40 bits per heavy atom. The number of likely N-dealkylation sites (N-methyl/N-ethyl adjacent to an activating group) is 1. The predicted molar refractivity (Wildman–Crippen MR) is 141 cm³/mol. The Kier molecular flexibility index (Phi) is 7.92. The fourth-order valence-corrected chi connectivity index (χ4v) is 4.41. The summed E-state index contributed by atoms with van der Waals surface area (Å²) in [6.07, 6.45) is 2.88. The lowest BCUT2D eigenvalue weighted by Gasteiger charge is -2.19. The second-order valence-electron chi connectivity index (χ2n) is 8.69. The van der Waals surface area contributed by atoms with Gasteiger partial charge in [0.25, 0.3) is 11.5 Å². The fraction of sp³-hybridized carbons (Fsp3) is 0.407. The first-order valence-corrected chi connectivity index (χ1v) is 12.6. The molecule has 2 aromatic heterocycles. The van der Waals surface area contributed by atoms with Gasteiger partial charge in [-0.2, -0.15) is 5.10 Å². The van der Waals surface area contributed by atoms with E-state index in [4.69, 9.17) is 4.98 Å². The van der Waals surface area contributed by atoms with Crippen LogP contribution in [0.2, 0.25) is 0 Å². The number of nitrogens with zero attached hydrogens (tertiary/aromatic N) is 5. The van der Waals surface area contributed by atoms with Crippen LogP contribution in [0, 0.1) is 0 Å². The molecule has 4 rings (SSSR count). The van der Waals surface area contributed by atoms with Crippen molar-refractivity contribution in [1.29, 1.82) is 0 Å². The molecule has 0 unspecified atom stereocenters. The number of para-hydroxylation sites is 2. The molecule has 0 bridgehead atoms. The van der Waals surface area contributed by atoms with E-state index in [9.17, 15) is 9.59 Å². The Labute approximate surface area is 205 Å². The molecule has 8 nitrogen and oxygen atoms in total. The quantitative estimate of drug-likeness (QED) is 0.323. The molecule has 184 valence electrons. The highest BCUT2D eigenvalue weighted by atomic mass is 16.2. The highest BCUT2D eigenvalue weighted by Gasteiger charge is 2.20. The van der Waals surface area contributed by atoms with E-state index in [0.717, 1.165) is 49.9 Å². The highest BCUT2D eigenvalue weighted by molar-refractivity contribution is 6.10. The molecule has 0 aliphatic heterocycles. The topological polar surface area (TPSA) is 85.1 Å². The number of hydrogen-bond acceptors (Lipinski definition) is 5. The maximum atomic E-state index is 13.5. The molecule has 0 aliphatic carbocycles. The summed E-state index contributed by atoms with van der Waals surface area (Å²) in [4.78, 5) is 33.6. The van der Waals surface area contributed by atoms with E-state index in [0.29, 0.717) is 29.8 Å². The van der Waals surface area contributed by atoms with Crippen molar-refractivity contribution in [2.45, 2.75) is 53.1 Å². The lowest BCUT2D eigenvalue weighted by atomic mass is 10.1. The first kappa shape index (κ1) is 24.6. The molecule has 0 radical (unpaired) electrons. The number of unbranched alkanes of at least 4 members (excludes halogenated alkanes) is 2. The summed E-state index contributed by atoms with van der Waals surface area (Å²) in [6, 6.07) is 15.0. The van der Waals surface area contributed by atoms with E-state index < -0.39 is 0 Å². The summed E-state index contributed by atoms with van der Waals surface area (Å²) in [7, 11) is 0. The van der Waals surface area contributed by atoms with Crippen LogP contribution in [0.3, 0.4) is 0 Å². The minimum Gasteiger partial charge on any atom is -0.309 e. The predicted octanol–water partition coefficient (Wildman–Crippen LogP) is 4.53. The Morgan fingerprint density at radius 1 is 0.943 bits per heavy atom. The number of fused-ring (bicyclic) bond motifs is 2. The summed E-state index contributed by atoms with van der Waals surface area (Å²) in [5.74, 6) is 0.114. The maximum absolute atomic E-state index is 13.5. The van der Waals surface area contributed by atoms with Crippen LogP contribution in [0.1, 0.15) is 50.5 Å². The molecule has 0 fully saturated rings. The van der Waals surface area contributed by atoms with Crippen molar-refractivity contribution in [2.24, 2.45) is 0 Å². The van der Waals surface area contributed by atoms with Crippen LogP contribution < -0.4 is 10.9 Å². The molecule has 0 atom stereocenters. The number of anilines is 1. The average Bonchev–Trinajstić information content (AvgIpc) is 3.23. The van der Waals surface area contributed by atoms with Gasteiger partial charge in [-0.25, -0.2) is 9.67 Å². The first-order valence-electron chi connectivity index (χ1n) is 12.6. The molecule has 0 saturated carbocycles. The van der Waals surface area contributed by atoms with E-state index in [1.807, 2.05) is 41.0 Å². The summed E-state index contributed by atoms with van der Waals surface area (Å²) in [5.41, 5.74) is 1.86. The zero-order valence-corrected chi connectivity index (χ0v) is 20.8. The summed E-state index contributed by atoms with van der Waals surface area (Å²) < 4.78 is 3.47. The number of nitrogens with one attached hydrogen (secondary N) is 1. The van der Waals surface area contributed by atoms with Gasteiger partial charge < -0.3 is 9.47 Å². The molecule has 4 aromatic rings. The van der Waals surface area contributed by atoms with E-state index in [1.165, 1.54) is 4.68 Å². The smallest absolute Gasteiger partial charge is 0.279 e. The van der Waals surface area contributed by atoms with Crippen LogP contribution in [-0.4, -0.2) is 49.8 Å². The molecule has 0 spiro atoms. The third kappa shape index (κ3) is 5.27. The largest absolute Gasteiger partial charge is 0.309 e. The molecule has 1 amide bonds. The molecular formula is C27H34N6O2. The van der Waals surface area contributed by atoms with Gasteiger partial charge >= 0.3 is 0 Å². The minimum atomic E-state index is -0.371. The van der Waals surface area contributed by atoms with Gasteiger partial charge in [-0.05, 0) is 37.7 Å². The van der Waals surface area contributed by atoms with E-state index in [1.54, 1.807) is 12.1 Å². The number of carbonyl (C=O) groups is 1. The summed E-state index contributed by atoms with van der Waals surface area (Å²) in [6.45, 7) is 10.3. The standard InChI is InChI=1S/C27H34N6O2/c1-4-7-12-17-33-26(35)21-14-9-8-13-20(21)24(30-33)25(34)29-27-28-22-15-10-11-16-23(22)32(27)19-18-31(5-2)6-3/h8-11,13-16H,4-7,12,17-19H2,1-3H3,(H,28,29,34). The number of hydrogen-bond donors (Lipinski definition) is 1. The SMILES string of the molecule is CCCCCn1nc(C(=O)Nc2nc3ccccc3n2CCN(CC)CC)c2ccccc2c1=O. The van der Waals surface area contributed by atoms with Gasteiger partial charge in [0.05, 0.1) is 16.4 Å². The Bertz CT molecular complexity index is 1370. The zero-order chi connectivity index (χ0) is 24.8. The highest BCUT2D eigenvalue weighted by Crippen LogP contribution is 2.21. The van der Waals surface area contributed by atoms with Crippen molar-refractivity contribution < 1.29 is 4.79 Å². The van der Waals surface area contributed by atoms with Gasteiger partial charge in [-0.15, -0.1) is 0 Å². The second kappa shape index (κ2) is 11.3. The van der Waals surface area contributed by atoms with Crippen molar-refractivity contribution in [3.63, 3.8) is 0 Å². The molecular weight excluding hydrogens is 440 g/mol. The van der Waals surface area contributed by atoms with Crippen LogP contribution in [0.15, 0.2) is 53.3 Å². The number of benzene rings is 2. The van der Waals surface area contributed by atoms with Crippen LogP contribution >= 0.6 is 0 Å². The fourth-order valence-electron chi connectivity index (χ4n) is 4.41. The van der Waals surface area contributed by atoms with Crippen molar-refractivity contribution in [3.8, 4) is 0 Å². The van der Waals surface area contributed by atoms with Crippen molar-refractivity contribution in [3.05, 3.63) is 64.6 Å². The van der Waals surface area contributed by atoms with Gasteiger partial charge in [0.2, 0.25) is 5.95 Å². The van der Waals surface area contributed by atoms with Gasteiger partial charge in [0, 0.05) is 25.0 Å². The summed E-state index contributed by atoms with van der Waals surface area (Å²) in [5, 5.41) is 8.55. The zero-order valence-electron chi connectivity index (χ0n) is 20.8. The Morgan fingerprint density at radius 2 is 1.66 bits per heavy atom. The molecule has 35 heavy (non-hydrogen) atoms. The maximum Gasteiger partial charge on any atom is 0.279 e. The van der Waals surface area contributed by atoms with E-state index in [-0.39, 0.29) is 17.2 Å². The third-order valence-electron chi connectivity index (χ3n) is 6.47. The molecule has 0 saturated heterocycles. The molecule has 0 aliphatic rings. The number of imidazole rings is 1. The molecule has 2 aromatic carbocycles. The van der Waals surface area contributed by atoms with Gasteiger partial charge in [0.15, 0.2) is 5.69 Å². The van der Waals surface area contributed by atoms with Crippen LogP contribution in [0.25, 0.3) is 21.8 Å². The van der Waals surface area contributed by atoms with E-state index >= 15 is 0 Å². The Balaban J connectivity index is 1.71. The number of aromatic nitrogens is 4. The second-order valence-corrected chi connectivity index (χ2v) is 8.69. The molecule has 8 heteroatoms. The lowest BCUT2D eigenvalue weighted by molar-refractivity contribution is 0.102. The molecule has 1 N–H and O–H groups in total.